The molecule has 0 spiro atoms. The zero-order valence-corrected chi connectivity index (χ0v) is 16.5. The van der Waals surface area contributed by atoms with Gasteiger partial charge in [0, 0.05) is 44.5 Å². The largest absolute Gasteiger partial charge is 0.340 e. The summed E-state index contributed by atoms with van der Waals surface area (Å²) < 4.78 is 0. The predicted molar refractivity (Wildman–Crippen MR) is 107 cm³/mol. The number of hydrazone groups is 1. The van der Waals surface area contributed by atoms with Crippen LogP contribution < -0.4 is 5.43 Å². The SMILES string of the molecule is CN(CC1CCCN(CCc2ccc(Cl)cc2)C1)C(=O)C1=NNC(=O)CC1. The third kappa shape index (κ3) is 5.78. The minimum Gasteiger partial charge on any atom is -0.340 e. The van der Waals surface area contributed by atoms with Gasteiger partial charge in [-0.3, -0.25) is 9.59 Å². The number of benzene rings is 1. The Hall–Kier alpha value is -1.92. The Balaban J connectivity index is 1.46. The second-order valence-corrected chi connectivity index (χ2v) is 7.90. The molecule has 7 heteroatoms. The van der Waals surface area contributed by atoms with Gasteiger partial charge in [-0.25, -0.2) is 5.43 Å². The molecule has 2 heterocycles. The van der Waals surface area contributed by atoms with E-state index in [9.17, 15) is 9.59 Å². The highest BCUT2D eigenvalue weighted by atomic mass is 35.5. The number of nitrogens with one attached hydrogen (secondary N) is 1. The molecule has 1 fully saturated rings. The second kappa shape index (κ2) is 9.33. The fraction of sp³-hybridized carbons (Fsp3) is 0.550. The molecule has 1 atom stereocenters. The second-order valence-electron chi connectivity index (χ2n) is 7.46. The summed E-state index contributed by atoms with van der Waals surface area (Å²) in [6.45, 7) is 3.87. The number of hydrogen-bond donors (Lipinski definition) is 1. The zero-order valence-electron chi connectivity index (χ0n) is 15.8. The van der Waals surface area contributed by atoms with E-state index in [0.717, 1.165) is 50.5 Å². The van der Waals surface area contributed by atoms with Crippen LogP contribution in [0.2, 0.25) is 5.02 Å². The Morgan fingerprint density at radius 2 is 2.11 bits per heavy atom. The lowest BCUT2D eigenvalue weighted by atomic mass is 9.96. The molecule has 1 aromatic carbocycles. The molecule has 2 aliphatic rings. The van der Waals surface area contributed by atoms with Gasteiger partial charge in [-0.05, 0) is 49.4 Å². The van der Waals surface area contributed by atoms with Crippen molar-refractivity contribution >= 4 is 29.1 Å². The highest BCUT2D eigenvalue weighted by molar-refractivity contribution is 6.39. The maximum absolute atomic E-state index is 12.5. The van der Waals surface area contributed by atoms with Gasteiger partial charge in [0.15, 0.2) is 0 Å². The van der Waals surface area contributed by atoms with Crippen LogP contribution >= 0.6 is 11.6 Å². The first-order valence-electron chi connectivity index (χ1n) is 9.59. The van der Waals surface area contributed by atoms with Gasteiger partial charge in [-0.1, -0.05) is 23.7 Å². The first kappa shape index (κ1) is 19.8. The Bertz CT molecular complexity index is 704. The monoisotopic (exact) mass is 390 g/mol. The number of likely N-dealkylation sites (tertiary alicyclic amines) is 1. The molecule has 146 valence electrons. The lowest BCUT2D eigenvalue weighted by Crippen LogP contribution is -2.44. The molecule has 1 saturated heterocycles. The number of hydrogen-bond acceptors (Lipinski definition) is 4. The van der Waals surface area contributed by atoms with E-state index in [-0.39, 0.29) is 11.8 Å². The van der Waals surface area contributed by atoms with E-state index in [1.807, 2.05) is 19.2 Å². The molecule has 2 amide bonds. The van der Waals surface area contributed by atoms with Gasteiger partial charge < -0.3 is 9.80 Å². The molecule has 2 aliphatic heterocycles. The summed E-state index contributed by atoms with van der Waals surface area (Å²) in [4.78, 5) is 27.9. The number of rotatable bonds is 6. The molecule has 3 rings (SSSR count). The quantitative estimate of drug-likeness (QED) is 0.810. The number of carbonyl (C=O) groups is 2. The lowest BCUT2D eigenvalue weighted by molar-refractivity contribution is -0.124. The van der Waals surface area contributed by atoms with E-state index in [2.05, 4.69) is 27.6 Å². The third-order valence-electron chi connectivity index (χ3n) is 5.26. The summed E-state index contributed by atoms with van der Waals surface area (Å²) in [7, 11) is 1.83. The van der Waals surface area contributed by atoms with Crippen LogP contribution in [0.4, 0.5) is 0 Å². The van der Waals surface area contributed by atoms with E-state index in [0.29, 0.717) is 24.5 Å². The molecule has 1 unspecified atom stereocenters. The zero-order chi connectivity index (χ0) is 19.2. The number of amides is 2. The van der Waals surface area contributed by atoms with Gasteiger partial charge in [0.2, 0.25) is 5.91 Å². The molecule has 0 aromatic heterocycles. The van der Waals surface area contributed by atoms with Crippen molar-refractivity contribution in [3.63, 3.8) is 0 Å². The van der Waals surface area contributed by atoms with E-state index < -0.39 is 0 Å². The predicted octanol–water partition coefficient (Wildman–Crippen LogP) is 2.32. The summed E-state index contributed by atoms with van der Waals surface area (Å²) in [6.07, 6.45) is 4.06. The number of carbonyl (C=O) groups excluding carboxylic acids is 2. The molecule has 1 aromatic rings. The molecule has 0 saturated carbocycles. The van der Waals surface area contributed by atoms with Gasteiger partial charge in [-0.15, -0.1) is 0 Å². The van der Waals surface area contributed by atoms with Crippen molar-refractivity contribution in [3.8, 4) is 0 Å². The van der Waals surface area contributed by atoms with Crippen molar-refractivity contribution in [3.05, 3.63) is 34.9 Å². The summed E-state index contributed by atoms with van der Waals surface area (Å²) in [5, 5.41) is 4.68. The first-order valence-corrected chi connectivity index (χ1v) is 9.96. The Morgan fingerprint density at radius 1 is 1.33 bits per heavy atom. The molecule has 6 nitrogen and oxygen atoms in total. The number of piperidine rings is 1. The van der Waals surface area contributed by atoms with Crippen molar-refractivity contribution in [2.24, 2.45) is 11.0 Å². The summed E-state index contributed by atoms with van der Waals surface area (Å²) in [5.74, 6) is 0.266. The van der Waals surface area contributed by atoms with E-state index in [1.54, 1.807) is 4.90 Å². The molecule has 0 aliphatic carbocycles. The minimum absolute atomic E-state index is 0.0757. The fourth-order valence-electron chi connectivity index (χ4n) is 3.76. The summed E-state index contributed by atoms with van der Waals surface area (Å²) in [6, 6.07) is 8.04. The molecule has 27 heavy (non-hydrogen) atoms. The smallest absolute Gasteiger partial charge is 0.269 e. The van der Waals surface area contributed by atoms with Crippen LogP contribution in [0.3, 0.4) is 0 Å². The van der Waals surface area contributed by atoms with Crippen LogP contribution in [0, 0.1) is 5.92 Å². The Labute approximate surface area is 165 Å². The molecular formula is C20H27ClN4O2. The van der Waals surface area contributed by atoms with Gasteiger partial charge in [0.25, 0.3) is 5.91 Å². The molecule has 1 N–H and O–H groups in total. The van der Waals surface area contributed by atoms with Crippen molar-refractivity contribution < 1.29 is 9.59 Å². The standard InChI is InChI=1S/C20H27ClN4O2/c1-24(20(27)18-8-9-19(26)23-22-18)13-16-3-2-11-25(14-16)12-10-15-4-6-17(21)7-5-15/h4-7,16H,2-3,8-14H2,1H3,(H,23,26). The Morgan fingerprint density at radius 3 is 2.81 bits per heavy atom. The van der Waals surface area contributed by atoms with Gasteiger partial charge in [0.05, 0.1) is 0 Å². The summed E-state index contributed by atoms with van der Waals surface area (Å²) in [5.41, 5.74) is 4.15. The highest BCUT2D eigenvalue weighted by Crippen LogP contribution is 2.19. The third-order valence-corrected chi connectivity index (χ3v) is 5.52. The van der Waals surface area contributed by atoms with Crippen LogP contribution in [0.25, 0.3) is 0 Å². The Kier molecular flexibility index (Phi) is 6.85. The van der Waals surface area contributed by atoms with Gasteiger partial charge in [-0.2, -0.15) is 5.10 Å². The van der Waals surface area contributed by atoms with Crippen molar-refractivity contribution in [2.75, 3.05) is 33.2 Å². The van der Waals surface area contributed by atoms with Crippen molar-refractivity contribution in [1.29, 1.82) is 0 Å². The van der Waals surface area contributed by atoms with Gasteiger partial charge >= 0.3 is 0 Å². The average Bonchev–Trinajstić information content (AvgIpc) is 2.68. The molecule has 0 bridgehead atoms. The minimum atomic E-state index is -0.127. The van der Waals surface area contributed by atoms with Crippen molar-refractivity contribution in [2.45, 2.75) is 32.1 Å². The first-order chi connectivity index (χ1) is 13.0. The van der Waals surface area contributed by atoms with E-state index in [1.165, 1.54) is 5.56 Å². The van der Waals surface area contributed by atoms with E-state index in [4.69, 9.17) is 11.6 Å². The fourth-order valence-corrected chi connectivity index (χ4v) is 3.89. The van der Waals surface area contributed by atoms with Crippen LogP contribution in [0.5, 0.6) is 0 Å². The van der Waals surface area contributed by atoms with Crippen LogP contribution in [-0.4, -0.2) is 60.6 Å². The van der Waals surface area contributed by atoms with E-state index >= 15 is 0 Å². The number of nitrogens with zero attached hydrogens (tertiary/aromatic N) is 3. The maximum Gasteiger partial charge on any atom is 0.269 e. The molecule has 0 radical (unpaired) electrons. The normalized spacial score (nSPS) is 20.7. The maximum atomic E-state index is 12.5. The van der Waals surface area contributed by atoms with Crippen LogP contribution in [0.15, 0.2) is 29.4 Å². The van der Waals surface area contributed by atoms with Crippen LogP contribution in [-0.2, 0) is 16.0 Å². The average molecular weight is 391 g/mol. The summed E-state index contributed by atoms with van der Waals surface area (Å²) >= 11 is 5.95. The highest BCUT2D eigenvalue weighted by Gasteiger charge is 2.26. The lowest BCUT2D eigenvalue weighted by Gasteiger charge is -2.35. The topological polar surface area (TPSA) is 65.0 Å². The molecular weight excluding hydrogens is 364 g/mol. The van der Waals surface area contributed by atoms with Crippen LogP contribution in [0.1, 0.15) is 31.2 Å². The van der Waals surface area contributed by atoms with Gasteiger partial charge in [0.1, 0.15) is 5.71 Å². The van der Waals surface area contributed by atoms with Crippen molar-refractivity contribution in [1.82, 2.24) is 15.2 Å². The number of halogens is 1.